The lowest BCUT2D eigenvalue weighted by molar-refractivity contribution is -0.134. The molecule has 5 heteroatoms. The molecule has 0 spiro atoms. The number of carbonyl (C=O) groups is 1. The Labute approximate surface area is 128 Å². The fourth-order valence-electron chi connectivity index (χ4n) is 2.23. The Morgan fingerprint density at radius 1 is 1.32 bits per heavy atom. The maximum atomic E-state index is 12.4. The zero-order valence-electron chi connectivity index (χ0n) is 12.1. The SMILES string of the molecule is N#Cc1ccc(OCC(=O)N(Cc2ccco2)C2CC2)cc1. The molecule has 0 saturated heterocycles. The van der Waals surface area contributed by atoms with Gasteiger partial charge in [-0.25, -0.2) is 0 Å². The second-order valence-electron chi connectivity index (χ2n) is 5.26. The number of nitriles is 1. The van der Waals surface area contributed by atoms with Gasteiger partial charge in [0.25, 0.3) is 5.91 Å². The summed E-state index contributed by atoms with van der Waals surface area (Å²) in [6, 6.07) is 12.7. The van der Waals surface area contributed by atoms with Crippen molar-refractivity contribution in [1.29, 1.82) is 5.26 Å². The van der Waals surface area contributed by atoms with Gasteiger partial charge in [0.1, 0.15) is 11.5 Å². The van der Waals surface area contributed by atoms with Gasteiger partial charge in [-0.2, -0.15) is 5.26 Å². The van der Waals surface area contributed by atoms with Crippen LogP contribution in [-0.4, -0.2) is 23.5 Å². The highest BCUT2D eigenvalue weighted by Gasteiger charge is 2.33. The van der Waals surface area contributed by atoms with Crippen molar-refractivity contribution in [2.24, 2.45) is 0 Å². The summed E-state index contributed by atoms with van der Waals surface area (Å²) < 4.78 is 10.8. The van der Waals surface area contributed by atoms with E-state index in [0.717, 1.165) is 18.6 Å². The average molecular weight is 296 g/mol. The number of furan rings is 1. The number of ether oxygens (including phenoxy) is 1. The number of benzene rings is 1. The van der Waals surface area contributed by atoms with E-state index in [1.165, 1.54) is 0 Å². The van der Waals surface area contributed by atoms with Crippen LogP contribution >= 0.6 is 0 Å². The maximum Gasteiger partial charge on any atom is 0.261 e. The standard InChI is InChI=1S/C17H16N2O3/c18-10-13-3-7-15(8-4-13)22-12-17(20)19(14-5-6-14)11-16-2-1-9-21-16/h1-4,7-9,14H,5-6,11-12H2. The largest absolute Gasteiger partial charge is 0.484 e. The molecule has 0 atom stereocenters. The van der Waals surface area contributed by atoms with Crippen molar-refractivity contribution in [2.45, 2.75) is 25.4 Å². The van der Waals surface area contributed by atoms with Gasteiger partial charge >= 0.3 is 0 Å². The van der Waals surface area contributed by atoms with Crippen molar-refractivity contribution < 1.29 is 13.9 Å². The number of hydrogen-bond acceptors (Lipinski definition) is 4. The number of nitrogens with zero attached hydrogens (tertiary/aromatic N) is 2. The molecular weight excluding hydrogens is 280 g/mol. The summed E-state index contributed by atoms with van der Waals surface area (Å²) >= 11 is 0. The van der Waals surface area contributed by atoms with E-state index in [1.807, 2.05) is 23.1 Å². The second-order valence-corrected chi connectivity index (χ2v) is 5.26. The molecule has 0 aliphatic heterocycles. The molecule has 2 aromatic rings. The van der Waals surface area contributed by atoms with E-state index in [1.54, 1.807) is 30.5 Å². The molecule has 1 fully saturated rings. The lowest BCUT2D eigenvalue weighted by atomic mass is 10.2. The van der Waals surface area contributed by atoms with Crippen LogP contribution in [0, 0.1) is 11.3 Å². The van der Waals surface area contributed by atoms with Crippen molar-refractivity contribution in [3.8, 4) is 11.8 Å². The summed E-state index contributed by atoms with van der Waals surface area (Å²) in [5.74, 6) is 1.31. The third kappa shape index (κ3) is 3.47. The van der Waals surface area contributed by atoms with E-state index in [0.29, 0.717) is 23.9 Å². The van der Waals surface area contributed by atoms with Gasteiger partial charge in [0.05, 0.1) is 24.4 Å². The zero-order chi connectivity index (χ0) is 15.4. The predicted molar refractivity (Wildman–Crippen MR) is 78.9 cm³/mol. The third-order valence-electron chi connectivity index (χ3n) is 3.56. The van der Waals surface area contributed by atoms with Crippen LogP contribution in [0.2, 0.25) is 0 Å². The Bertz CT molecular complexity index is 667. The summed E-state index contributed by atoms with van der Waals surface area (Å²) in [4.78, 5) is 14.2. The minimum Gasteiger partial charge on any atom is -0.484 e. The molecule has 1 aromatic heterocycles. The Morgan fingerprint density at radius 3 is 2.68 bits per heavy atom. The van der Waals surface area contributed by atoms with Crippen LogP contribution in [0.25, 0.3) is 0 Å². The van der Waals surface area contributed by atoms with Gasteiger partial charge in [0.15, 0.2) is 6.61 Å². The molecule has 1 amide bonds. The van der Waals surface area contributed by atoms with Crippen molar-refractivity contribution in [3.63, 3.8) is 0 Å². The monoisotopic (exact) mass is 296 g/mol. The van der Waals surface area contributed by atoms with Crippen LogP contribution in [0.1, 0.15) is 24.2 Å². The van der Waals surface area contributed by atoms with E-state index in [9.17, 15) is 4.79 Å². The van der Waals surface area contributed by atoms with Crippen LogP contribution < -0.4 is 4.74 Å². The summed E-state index contributed by atoms with van der Waals surface area (Å²) in [6.45, 7) is 0.469. The number of carbonyl (C=O) groups excluding carboxylic acids is 1. The molecule has 0 unspecified atom stereocenters. The minimum absolute atomic E-state index is 0.0108. The highest BCUT2D eigenvalue weighted by Crippen LogP contribution is 2.28. The Balaban J connectivity index is 1.58. The highest BCUT2D eigenvalue weighted by molar-refractivity contribution is 5.78. The van der Waals surface area contributed by atoms with Crippen molar-refractivity contribution in [3.05, 3.63) is 54.0 Å². The molecule has 0 radical (unpaired) electrons. The third-order valence-corrected chi connectivity index (χ3v) is 3.56. The molecule has 112 valence electrons. The lowest BCUT2D eigenvalue weighted by Crippen LogP contribution is -2.36. The van der Waals surface area contributed by atoms with Gasteiger partial charge in [-0.05, 0) is 49.2 Å². The molecule has 1 aromatic carbocycles. The van der Waals surface area contributed by atoms with E-state index >= 15 is 0 Å². The first-order valence-corrected chi connectivity index (χ1v) is 7.21. The maximum absolute atomic E-state index is 12.4. The first-order chi connectivity index (χ1) is 10.8. The van der Waals surface area contributed by atoms with Crippen LogP contribution in [0.3, 0.4) is 0 Å². The zero-order valence-corrected chi connectivity index (χ0v) is 12.1. The van der Waals surface area contributed by atoms with Crippen molar-refractivity contribution in [1.82, 2.24) is 4.90 Å². The quantitative estimate of drug-likeness (QED) is 0.822. The van der Waals surface area contributed by atoms with Gasteiger partial charge in [0.2, 0.25) is 0 Å². The molecule has 5 nitrogen and oxygen atoms in total. The predicted octanol–water partition coefficient (Wildman–Crippen LogP) is 2.72. The Hall–Kier alpha value is -2.74. The fourth-order valence-corrected chi connectivity index (χ4v) is 2.23. The van der Waals surface area contributed by atoms with E-state index in [2.05, 4.69) is 0 Å². The molecule has 1 saturated carbocycles. The molecule has 0 bridgehead atoms. The number of amides is 1. The second kappa shape index (κ2) is 6.35. The molecular formula is C17H16N2O3. The highest BCUT2D eigenvalue weighted by atomic mass is 16.5. The molecule has 3 rings (SSSR count). The number of rotatable bonds is 6. The molecule has 1 aliphatic rings. The first kappa shape index (κ1) is 14.2. The summed E-state index contributed by atoms with van der Waals surface area (Å²) in [5, 5.41) is 8.75. The normalized spacial score (nSPS) is 13.4. The van der Waals surface area contributed by atoms with Crippen molar-refractivity contribution >= 4 is 5.91 Å². The van der Waals surface area contributed by atoms with E-state index in [4.69, 9.17) is 14.4 Å². The van der Waals surface area contributed by atoms with Crippen LogP contribution in [-0.2, 0) is 11.3 Å². The molecule has 1 aliphatic carbocycles. The summed E-state index contributed by atoms with van der Waals surface area (Å²) in [7, 11) is 0. The topological polar surface area (TPSA) is 66.5 Å². The van der Waals surface area contributed by atoms with Crippen LogP contribution in [0.5, 0.6) is 5.75 Å². The van der Waals surface area contributed by atoms with Crippen LogP contribution in [0.15, 0.2) is 47.1 Å². The van der Waals surface area contributed by atoms with Gasteiger partial charge in [0, 0.05) is 6.04 Å². The number of hydrogen-bond donors (Lipinski definition) is 0. The smallest absolute Gasteiger partial charge is 0.261 e. The molecule has 1 heterocycles. The minimum atomic E-state index is -0.0525. The Kier molecular flexibility index (Phi) is 4.10. The van der Waals surface area contributed by atoms with Gasteiger partial charge in [-0.15, -0.1) is 0 Å². The molecule has 0 N–H and O–H groups in total. The van der Waals surface area contributed by atoms with Crippen LogP contribution in [0.4, 0.5) is 0 Å². The molecule has 22 heavy (non-hydrogen) atoms. The lowest BCUT2D eigenvalue weighted by Gasteiger charge is -2.21. The van der Waals surface area contributed by atoms with Gasteiger partial charge < -0.3 is 14.1 Å². The van der Waals surface area contributed by atoms with Crippen molar-refractivity contribution in [2.75, 3.05) is 6.61 Å². The van der Waals surface area contributed by atoms with Gasteiger partial charge in [-0.3, -0.25) is 4.79 Å². The fraction of sp³-hybridized carbons (Fsp3) is 0.294. The van der Waals surface area contributed by atoms with Gasteiger partial charge in [-0.1, -0.05) is 0 Å². The van der Waals surface area contributed by atoms with E-state index in [-0.39, 0.29) is 12.5 Å². The summed E-state index contributed by atoms with van der Waals surface area (Å²) in [5.41, 5.74) is 0.566. The first-order valence-electron chi connectivity index (χ1n) is 7.21. The summed E-state index contributed by atoms with van der Waals surface area (Å²) in [6.07, 6.45) is 3.67. The average Bonchev–Trinajstić information content (AvgIpc) is 3.27. The van der Waals surface area contributed by atoms with E-state index < -0.39 is 0 Å². The Morgan fingerprint density at radius 2 is 2.09 bits per heavy atom.